The lowest BCUT2D eigenvalue weighted by molar-refractivity contribution is -0.306. The first-order valence-electron chi connectivity index (χ1n) is 17.0. The fraction of sp³-hybridized carbons (Fsp3) is 0.514. The van der Waals surface area contributed by atoms with Crippen molar-refractivity contribution < 1.29 is 63.9 Å². The predicted octanol–water partition coefficient (Wildman–Crippen LogP) is 3.40. The number of fused-ring (bicyclic) bond motifs is 4. The number of aliphatic hydroxyl groups excluding tert-OH is 3. The zero-order valence-corrected chi connectivity index (χ0v) is 28.1. The van der Waals surface area contributed by atoms with E-state index >= 15 is 0 Å². The van der Waals surface area contributed by atoms with Gasteiger partial charge in [-0.15, -0.1) is 0 Å². The molecule has 3 aromatic rings. The van der Waals surface area contributed by atoms with Crippen molar-refractivity contribution in [3.05, 3.63) is 63.7 Å². The SMILES string of the molecule is Cc1cc(O)c2c3c(cc(O)c2c1)C(=O)c1c(ccc([C@H]2C[C@@H](O[C@H]4CC[C@H](O[C@H]5C[C@@H](O)[C@H](O)[C@@H](C)O5)[C@H](C)O4)[C@H](O)[C@@H](C)O2)c1O)C3=O. The monoisotopic (exact) mass is 694 g/mol. The van der Waals surface area contributed by atoms with E-state index in [1.807, 2.05) is 6.92 Å². The summed E-state index contributed by atoms with van der Waals surface area (Å²) >= 11 is 0. The van der Waals surface area contributed by atoms with Gasteiger partial charge in [-0.3, -0.25) is 9.59 Å². The van der Waals surface area contributed by atoms with Crippen molar-refractivity contribution in [3.63, 3.8) is 0 Å². The first-order valence-corrected chi connectivity index (χ1v) is 17.0. The second-order valence-corrected chi connectivity index (χ2v) is 13.9. The molecule has 0 aromatic heterocycles. The third-order valence-corrected chi connectivity index (χ3v) is 10.4. The van der Waals surface area contributed by atoms with Gasteiger partial charge in [0.2, 0.25) is 0 Å². The Morgan fingerprint density at radius 3 is 2.10 bits per heavy atom. The van der Waals surface area contributed by atoms with E-state index in [4.69, 9.17) is 23.7 Å². The Morgan fingerprint density at radius 2 is 1.38 bits per heavy atom. The largest absolute Gasteiger partial charge is 0.507 e. The van der Waals surface area contributed by atoms with Gasteiger partial charge >= 0.3 is 0 Å². The highest BCUT2D eigenvalue weighted by Gasteiger charge is 2.43. The van der Waals surface area contributed by atoms with E-state index in [0.717, 1.165) is 0 Å². The molecule has 13 nitrogen and oxygen atoms in total. The summed E-state index contributed by atoms with van der Waals surface area (Å²) in [4.78, 5) is 27.7. The molecule has 4 aliphatic rings. The van der Waals surface area contributed by atoms with E-state index in [9.17, 15) is 40.2 Å². The Morgan fingerprint density at radius 1 is 0.700 bits per heavy atom. The summed E-state index contributed by atoms with van der Waals surface area (Å²) in [5.74, 6) is -2.27. The number of benzene rings is 3. The van der Waals surface area contributed by atoms with Crippen molar-refractivity contribution >= 4 is 22.3 Å². The third kappa shape index (κ3) is 5.95. The number of hydrogen-bond donors (Lipinski definition) is 6. The number of carbonyl (C=O) groups is 2. The molecule has 50 heavy (non-hydrogen) atoms. The zero-order chi connectivity index (χ0) is 35.8. The van der Waals surface area contributed by atoms with E-state index in [1.165, 1.54) is 24.3 Å². The first-order chi connectivity index (χ1) is 23.7. The molecule has 3 aliphatic heterocycles. The summed E-state index contributed by atoms with van der Waals surface area (Å²) in [5, 5.41) is 64.5. The molecule has 3 aromatic carbocycles. The van der Waals surface area contributed by atoms with Gasteiger partial charge in [-0.25, -0.2) is 0 Å². The molecule has 13 heteroatoms. The van der Waals surface area contributed by atoms with Crippen LogP contribution in [0.3, 0.4) is 0 Å². The molecule has 3 fully saturated rings. The van der Waals surface area contributed by atoms with Gasteiger partial charge < -0.3 is 54.3 Å². The Hall–Kier alpha value is -3.66. The molecule has 268 valence electrons. The zero-order valence-electron chi connectivity index (χ0n) is 28.1. The lowest BCUT2D eigenvalue weighted by atomic mass is 9.79. The summed E-state index contributed by atoms with van der Waals surface area (Å²) in [6.07, 6.45) is -6.85. The molecule has 11 atom stereocenters. The van der Waals surface area contributed by atoms with E-state index < -0.39 is 78.7 Å². The van der Waals surface area contributed by atoms with Crippen LogP contribution in [0, 0.1) is 6.92 Å². The number of phenolic OH excluding ortho intramolecular Hbond substituents is 3. The predicted molar refractivity (Wildman–Crippen MR) is 175 cm³/mol. The number of ketones is 2. The molecule has 0 saturated carbocycles. The Kier molecular flexibility index (Phi) is 9.14. The van der Waals surface area contributed by atoms with Crippen molar-refractivity contribution in [3.8, 4) is 17.2 Å². The summed E-state index contributed by atoms with van der Waals surface area (Å²) in [5.41, 5.74) is 0.405. The van der Waals surface area contributed by atoms with Crippen LogP contribution < -0.4 is 0 Å². The minimum Gasteiger partial charge on any atom is -0.507 e. The van der Waals surface area contributed by atoms with Crippen LogP contribution in [-0.4, -0.2) is 104 Å². The molecule has 3 saturated heterocycles. The molecular weight excluding hydrogens is 652 g/mol. The molecule has 7 rings (SSSR count). The van der Waals surface area contributed by atoms with Crippen molar-refractivity contribution in [2.45, 2.75) is 121 Å². The molecule has 0 bridgehead atoms. The molecule has 0 unspecified atom stereocenters. The first kappa shape index (κ1) is 34.8. The van der Waals surface area contributed by atoms with Crippen LogP contribution in [0.15, 0.2) is 30.3 Å². The molecule has 6 N–H and O–H groups in total. The second kappa shape index (κ2) is 13.1. The number of aliphatic hydroxyl groups is 3. The van der Waals surface area contributed by atoms with Crippen LogP contribution in [0.2, 0.25) is 0 Å². The van der Waals surface area contributed by atoms with Crippen LogP contribution in [0.5, 0.6) is 17.2 Å². The van der Waals surface area contributed by atoms with Crippen molar-refractivity contribution in [2.75, 3.05) is 0 Å². The highest BCUT2D eigenvalue weighted by Crippen LogP contribution is 2.46. The minimum absolute atomic E-state index is 0.0486. The number of hydrogen-bond acceptors (Lipinski definition) is 13. The highest BCUT2D eigenvalue weighted by molar-refractivity contribution is 6.34. The average molecular weight is 695 g/mol. The number of aromatic hydroxyl groups is 3. The number of aryl methyl sites for hydroxylation is 1. The van der Waals surface area contributed by atoms with Crippen LogP contribution in [0.4, 0.5) is 0 Å². The van der Waals surface area contributed by atoms with Crippen molar-refractivity contribution in [1.29, 1.82) is 0 Å². The summed E-state index contributed by atoms with van der Waals surface area (Å²) in [6.45, 7) is 6.89. The summed E-state index contributed by atoms with van der Waals surface area (Å²) < 4.78 is 30.3. The fourth-order valence-electron chi connectivity index (χ4n) is 7.72. The Labute approximate surface area is 287 Å². The van der Waals surface area contributed by atoms with Crippen LogP contribution in [-0.2, 0) is 23.7 Å². The van der Waals surface area contributed by atoms with Crippen LogP contribution in [0.1, 0.15) is 95.5 Å². The number of ether oxygens (including phenoxy) is 5. The smallest absolute Gasteiger partial charge is 0.198 e. The summed E-state index contributed by atoms with van der Waals surface area (Å²) in [7, 11) is 0. The molecule has 3 heterocycles. The van der Waals surface area contributed by atoms with Gasteiger partial charge in [0.15, 0.2) is 24.1 Å². The maximum absolute atomic E-state index is 13.9. The van der Waals surface area contributed by atoms with Crippen LogP contribution >= 0.6 is 0 Å². The van der Waals surface area contributed by atoms with Gasteiger partial charge in [-0.05, 0) is 63.9 Å². The fourth-order valence-corrected chi connectivity index (χ4v) is 7.72. The number of phenols is 3. The quantitative estimate of drug-likeness (QED) is 0.178. The molecule has 0 radical (unpaired) electrons. The molecular formula is C37H42O13. The highest BCUT2D eigenvalue weighted by atomic mass is 16.7. The lowest BCUT2D eigenvalue weighted by Gasteiger charge is -2.43. The third-order valence-electron chi connectivity index (χ3n) is 10.4. The number of rotatable bonds is 5. The van der Waals surface area contributed by atoms with Crippen molar-refractivity contribution in [2.24, 2.45) is 0 Å². The van der Waals surface area contributed by atoms with E-state index in [0.29, 0.717) is 18.4 Å². The van der Waals surface area contributed by atoms with Crippen LogP contribution in [0.25, 0.3) is 10.8 Å². The van der Waals surface area contributed by atoms with Gasteiger partial charge in [0.1, 0.15) is 29.5 Å². The standard InChI is InChI=1S/C37H42O13/c1-14-9-20-22(38)11-21-31(30(20)23(39)10-14)36(44)19-6-5-18(35(43)32(19)37(21)45)26-13-27(34(42)17(4)46-26)50-28-8-7-25(15(2)47-28)49-29-12-24(40)33(41)16(3)48-29/h5-6,9-11,15-17,24-29,33-34,38-43H,7-8,12-13H2,1-4H3/t15-,16+,17+,24+,25-,26+,27+,28-,29-,33+,34+/m0/s1. The van der Waals surface area contributed by atoms with Gasteiger partial charge in [-0.1, -0.05) is 6.07 Å². The minimum atomic E-state index is -1.04. The van der Waals surface area contributed by atoms with E-state index in [2.05, 4.69) is 0 Å². The number of carbonyl (C=O) groups excluding carboxylic acids is 2. The lowest BCUT2D eigenvalue weighted by Crippen LogP contribution is -2.51. The Bertz CT molecular complexity index is 1830. The van der Waals surface area contributed by atoms with Crippen molar-refractivity contribution in [1.82, 2.24) is 0 Å². The maximum atomic E-state index is 13.9. The molecule has 0 amide bonds. The van der Waals surface area contributed by atoms with E-state index in [1.54, 1.807) is 26.8 Å². The molecule has 1 aliphatic carbocycles. The van der Waals surface area contributed by atoms with Gasteiger partial charge in [0.05, 0.1) is 48.3 Å². The second-order valence-electron chi connectivity index (χ2n) is 13.9. The van der Waals surface area contributed by atoms with E-state index in [-0.39, 0.29) is 69.0 Å². The summed E-state index contributed by atoms with van der Waals surface area (Å²) in [6, 6.07) is 7.19. The van der Waals surface area contributed by atoms with Gasteiger partial charge in [0.25, 0.3) is 0 Å². The molecule has 0 spiro atoms. The van der Waals surface area contributed by atoms with Gasteiger partial charge in [-0.2, -0.15) is 0 Å². The average Bonchev–Trinajstić information content (AvgIpc) is 3.05. The Balaban J connectivity index is 1.08. The normalized spacial score (nSPS) is 34.4. The maximum Gasteiger partial charge on any atom is 0.198 e. The van der Waals surface area contributed by atoms with Gasteiger partial charge in [0, 0.05) is 52.3 Å². The topological polar surface area (TPSA) is 202 Å².